The van der Waals surface area contributed by atoms with Crippen LogP contribution in [0.1, 0.15) is 72.1 Å². The minimum Gasteiger partial charge on any atom is -0.393 e. The molecule has 0 heterocycles. The van der Waals surface area contributed by atoms with Crippen molar-refractivity contribution in [2.45, 2.75) is 84.3 Å². The van der Waals surface area contributed by atoms with Gasteiger partial charge in [-0.15, -0.1) is 0 Å². The standard InChI is InChI=1S/C14H30O2/c1-4-14(11-13(3)16)10-8-6-5-7-9-12(2)15/h12-16H,4-11H2,1-3H3. The van der Waals surface area contributed by atoms with E-state index in [1.807, 2.05) is 13.8 Å². The van der Waals surface area contributed by atoms with Gasteiger partial charge in [-0.3, -0.25) is 0 Å². The van der Waals surface area contributed by atoms with Crippen LogP contribution in [-0.2, 0) is 0 Å². The van der Waals surface area contributed by atoms with Crippen molar-refractivity contribution in [3.8, 4) is 0 Å². The van der Waals surface area contributed by atoms with Crippen molar-refractivity contribution in [1.82, 2.24) is 0 Å². The molecule has 0 aliphatic rings. The maximum absolute atomic E-state index is 9.33. The molecule has 2 N–H and O–H groups in total. The summed E-state index contributed by atoms with van der Waals surface area (Å²) in [7, 11) is 0. The molecule has 0 saturated carbocycles. The van der Waals surface area contributed by atoms with Crippen molar-refractivity contribution < 1.29 is 10.2 Å². The minimum atomic E-state index is -0.153. The monoisotopic (exact) mass is 230 g/mol. The van der Waals surface area contributed by atoms with Gasteiger partial charge in [-0.25, -0.2) is 0 Å². The van der Waals surface area contributed by atoms with Crippen molar-refractivity contribution in [3.63, 3.8) is 0 Å². The van der Waals surface area contributed by atoms with Crippen LogP contribution in [-0.4, -0.2) is 22.4 Å². The number of unbranched alkanes of at least 4 members (excludes halogenated alkanes) is 3. The van der Waals surface area contributed by atoms with Gasteiger partial charge in [0.25, 0.3) is 0 Å². The first-order valence-electron chi connectivity index (χ1n) is 6.92. The van der Waals surface area contributed by atoms with Crippen LogP contribution in [0.2, 0.25) is 0 Å². The first-order valence-corrected chi connectivity index (χ1v) is 6.92. The summed E-state index contributed by atoms with van der Waals surface area (Å²) in [6, 6.07) is 0. The van der Waals surface area contributed by atoms with Gasteiger partial charge in [-0.1, -0.05) is 45.4 Å². The predicted octanol–water partition coefficient (Wildman–Crippen LogP) is 3.50. The molecule has 2 nitrogen and oxygen atoms in total. The van der Waals surface area contributed by atoms with Crippen LogP contribution in [0.4, 0.5) is 0 Å². The van der Waals surface area contributed by atoms with Crippen molar-refractivity contribution in [1.29, 1.82) is 0 Å². The van der Waals surface area contributed by atoms with Gasteiger partial charge >= 0.3 is 0 Å². The fraction of sp³-hybridized carbons (Fsp3) is 1.00. The molecule has 0 bridgehead atoms. The normalized spacial score (nSPS) is 17.1. The summed E-state index contributed by atoms with van der Waals surface area (Å²) in [4.78, 5) is 0. The van der Waals surface area contributed by atoms with Gasteiger partial charge in [-0.2, -0.15) is 0 Å². The largest absolute Gasteiger partial charge is 0.393 e. The Kier molecular flexibility index (Phi) is 10.0. The highest BCUT2D eigenvalue weighted by Crippen LogP contribution is 2.19. The number of hydrogen-bond acceptors (Lipinski definition) is 2. The molecule has 0 amide bonds. The Morgan fingerprint density at radius 2 is 1.38 bits per heavy atom. The lowest BCUT2D eigenvalue weighted by atomic mass is 9.93. The van der Waals surface area contributed by atoms with Gasteiger partial charge < -0.3 is 10.2 Å². The Hall–Kier alpha value is -0.0800. The summed E-state index contributed by atoms with van der Waals surface area (Å²) in [5, 5.41) is 18.4. The second-order valence-corrected chi connectivity index (χ2v) is 5.20. The molecule has 16 heavy (non-hydrogen) atoms. The molecule has 0 rings (SSSR count). The third-order valence-corrected chi connectivity index (χ3v) is 3.24. The molecule has 0 radical (unpaired) electrons. The SMILES string of the molecule is CCC(CCCCCCC(C)O)CC(C)O. The van der Waals surface area contributed by atoms with Gasteiger partial charge in [0.2, 0.25) is 0 Å². The van der Waals surface area contributed by atoms with E-state index in [9.17, 15) is 5.11 Å². The van der Waals surface area contributed by atoms with Crippen LogP contribution in [0.25, 0.3) is 0 Å². The summed E-state index contributed by atoms with van der Waals surface area (Å²) in [5.41, 5.74) is 0. The molecular weight excluding hydrogens is 200 g/mol. The Morgan fingerprint density at radius 3 is 1.81 bits per heavy atom. The van der Waals surface area contributed by atoms with Crippen LogP contribution in [0.5, 0.6) is 0 Å². The second kappa shape index (κ2) is 10.1. The average molecular weight is 230 g/mol. The quantitative estimate of drug-likeness (QED) is 0.564. The van der Waals surface area contributed by atoms with Crippen LogP contribution >= 0.6 is 0 Å². The highest BCUT2D eigenvalue weighted by Gasteiger charge is 2.09. The maximum atomic E-state index is 9.33. The number of aliphatic hydroxyl groups is 2. The summed E-state index contributed by atoms with van der Waals surface area (Å²) < 4.78 is 0. The zero-order valence-corrected chi connectivity index (χ0v) is 11.3. The van der Waals surface area contributed by atoms with E-state index < -0.39 is 0 Å². The van der Waals surface area contributed by atoms with Crippen molar-refractivity contribution in [2.75, 3.05) is 0 Å². The predicted molar refractivity (Wildman–Crippen MR) is 69.5 cm³/mol. The smallest absolute Gasteiger partial charge is 0.0514 e. The van der Waals surface area contributed by atoms with E-state index in [4.69, 9.17) is 5.11 Å². The first-order chi connectivity index (χ1) is 7.56. The van der Waals surface area contributed by atoms with Gasteiger partial charge in [0, 0.05) is 0 Å². The highest BCUT2D eigenvalue weighted by molar-refractivity contribution is 4.61. The lowest BCUT2D eigenvalue weighted by molar-refractivity contribution is 0.154. The molecule has 0 aromatic carbocycles. The topological polar surface area (TPSA) is 40.5 Å². The summed E-state index contributed by atoms with van der Waals surface area (Å²) in [6.07, 6.45) is 8.93. The van der Waals surface area contributed by atoms with E-state index >= 15 is 0 Å². The molecule has 0 spiro atoms. The summed E-state index contributed by atoms with van der Waals surface area (Å²) in [6.45, 7) is 5.95. The lowest BCUT2D eigenvalue weighted by Crippen LogP contribution is -2.09. The molecular formula is C14H30O2. The Morgan fingerprint density at radius 1 is 0.812 bits per heavy atom. The minimum absolute atomic E-state index is 0.140. The van der Waals surface area contributed by atoms with Gasteiger partial charge in [-0.05, 0) is 32.6 Å². The van der Waals surface area contributed by atoms with Crippen LogP contribution < -0.4 is 0 Å². The fourth-order valence-electron chi connectivity index (χ4n) is 2.20. The highest BCUT2D eigenvalue weighted by atomic mass is 16.3. The van der Waals surface area contributed by atoms with E-state index in [0.29, 0.717) is 5.92 Å². The molecule has 98 valence electrons. The summed E-state index contributed by atoms with van der Waals surface area (Å²) in [5.74, 6) is 0.691. The van der Waals surface area contributed by atoms with E-state index in [1.54, 1.807) is 0 Å². The van der Waals surface area contributed by atoms with Crippen molar-refractivity contribution in [2.24, 2.45) is 5.92 Å². The first kappa shape index (κ1) is 15.9. The van der Waals surface area contributed by atoms with E-state index in [2.05, 4.69) is 6.92 Å². The van der Waals surface area contributed by atoms with Crippen molar-refractivity contribution in [3.05, 3.63) is 0 Å². The molecule has 0 fully saturated rings. The molecule has 2 heteroatoms. The number of hydrogen-bond donors (Lipinski definition) is 2. The molecule has 0 aromatic rings. The Labute approximate surface area is 101 Å². The van der Waals surface area contributed by atoms with Gasteiger partial charge in [0.05, 0.1) is 12.2 Å². The average Bonchev–Trinajstić information content (AvgIpc) is 2.20. The van der Waals surface area contributed by atoms with Crippen LogP contribution in [0.15, 0.2) is 0 Å². The summed E-state index contributed by atoms with van der Waals surface area (Å²) >= 11 is 0. The lowest BCUT2D eigenvalue weighted by Gasteiger charge is -2.16. The van der Waals surface area contributed by atoms with Crippen molar-refractivity contribution >= 4 is 0 Å². The second-order valence-electron chi connectivity index (χ2n) is 5.20. The molecule has 0 saturated heterocycles. The third-order valence-electron chi connectivity index (χ3n) is 3.24. The van der Waals surface area contributed by atoms with Gasteiger partial charge in [0.1, 0.15) is 0 Å². The van der Waals surface area contributed by atoms with Crippen LogP contribution in [0, 0.1) is 5.92 Å². The number of aliphatic hydroxyl groups excluding tert-OH is 2. The molecule has 0 aromatic heterocycles. The molecule has 3 unspecified atom stereocenters. The molecule has 3 atom stereocenters. The maximum Gasteiger partial charge on any atom is 0.0514 e. The van der Waals surface area contributed by atoms with Crippen LogP contribution in [0.3, 0.4) is 0 Å². The Bertz CT molecular complexity index is 144. The zero-order valence-electron chi connectivity index (χ0n) is 11.3. The molecule has 0 aliphatic carbocycles. The van der Waals surface area contributed by atoms with E-state index in [0.717, 1.165) is 19.3 Å². The van der Waals surface area contributed by atoms with Gasteiger partial charge in [0.15, 0.2) is 0 Å². The van der Waals surface area contributed by atoms with E-state index in [1.165, 1.54) is 32.1 Å². The number of rotatable bonds is 10. The Balaban J connectivity index is 3.34. The van der Waals surface area contributed by atoms with E-state index in [-0.39, 0.29) is 12.2 Å². The fourth-order valence-corrected chi connectivity index (χ4v) is 2.20. The zero-order chi connectivity index (χ0) is 12.4. The third kappa shape index (κ3) is 10.4. The molecule has 0 aliphatic heterocycles.